The lowest BCUT2D eigenvalue weighted by atomic mass is 9.92. The van der Waals surface area contributed by atoms with Crippen LogP contribution < -0.4 is 9.47 Å². The van der Waals surface area contributed by atoms with Crippen molar-refractivity contribution in [2.45, 2.75) is 34.1 Å². The number of aryl methyl sites for hydroxylation is 2. The lowest BCUT2D eigenvalue weighted by Crippen LogP contribution is -2.17. The molecule has 7 nitrogen and oxygen atoms in total. The Hall–Kier alpha value is -3.87. The van der Waals surface area contributed by atoms with E-state index in [1.165, 1.54) is 5.56 Å². The minimum Gasteiger partial charge on any atom is -0.493 e. The van der Waals surface area contributed by atoms with E-state index in [0.29, 0.717) is 40.6 Å². The summed E-state index contributed by atoms with van der Waals surface area (Å²) in [4.78, 5) is 30.3. The van der Waals surface area contributed by atoms with Gasteiger partial charge in [-0.3, -0.25) is 4.98 Å². The van der Waals surface area contributed by atoms with E-state index in [-0.39, 0.29) is 24.3 Å². The second-order valence-corrected chi connectivity index (χ2v) is 7.80. The monoisotopic (exact) mass is 477 g/mol. The summed E-state index contributed by atoms with van der Waals surface area (Å²) in [6.45, 7) is 7.74. The van der Waals surface area contributed by atoms with Crippen LogP contribution in [0.5, 0.6) is 11.5 Å². The van der Waals surface area contributed by atoms with Crippen molar-refractivity contribution in [3.05, 3.63) is 76.6 Å². The van der Waals surface area contributed by atoms with Gasteiger partial charge in [-0.1, -0.05) is 36.4 Å². The number of aromatic nitrogens is 1. The summed E-state index contributed by atoms with van der Waals surface area (Å²) in [5, 5.41) is 0. The molecule has 0 saturated heterocycles. The Balaban J connectivity index is 2.06. The third-order valence-electron chi connectivity index (χ3n) is 5.46. The first-order valence-corrected chi connectivity index (χ1v) is 11.6. The minimum absolute atomic E-state index is 0.192. The largest absolute Gasteiger partial charge is 0.493 e. The molecule has 0 aliphatic carbocycles. The van der Waals surface area contributed by atoms with E-state index >= 15 is 0 Å². The zero-order valence-corrected chi connectivity index (χ0v) is 20.8. The third-order valence-corrected chi connectivity index (χ3v) is 5.46. The van der Waals surface area contributed by atoms with Crippen LogP contribution in [-0.2, 0) is 15.9 Å². The van der Waals surface area contributed by atoms with Gasteiger partial charge in [0.25, 0.3) is 0 Å². The van der Waals surface area contributed by atoms with Crippen LogP contribution in [-0.4, -0.2) is 43.9 Å². The van der Waals surface area contributed by atoms with Crippen LogP contribution in [0.25, 0.3) is 11.1 Å². The van der Waals surface area contributed by atoms with Crippen molar-refractivity contribution in [1.82, 2.24) is 4.98 Å². The zero-order valence-electron chi connectivity index (χ0n) is 20.8. The normalized spacial score (nSPS) is 10.5. The average molecular weight is 478 g/mol. The second-order valence-electron chi connectivity index (χ2n) is 7.80. The molecule has 1 heterocycles. The lowest BCUT2D eigenvalue weighted by molar-refractivity contribution is 0.0525. The van der Waals surface area contributed by atoms with Crippen molar-refractivity contribution in [3.8, 4) is 22.6 Å². The molecular formula is C28H31NO6. The molecule has 0 radical (unpaired) electrons. The van der Waals surface area contributed by atoms with E-state index in [9.17, 15) is 9.59 Å². The molecule has 3 aromatic rings. The maximum absolute atomic E-state index is 12.9. The fraction of sp³-hybridized carbons (Fsp3) is 0.321. The topological polar surface area (TPSA) is 84.0 Å². The number of nitrogens with zero attached hydrogens (tertiary/aromatic N) is 1. The highest BCUT2D eigenvalue weighted by molar-refractivity contribution is 6.07. The Labute approximate surface area is 206 Å². The number of rotatable bonds is 10. The molecule has 0 amide bonds. The summed E-state index contributed by atoms with van der Waals surface area (Å²) in [5.41, 5.74) is 3.54. The Bertz CT molecular complexity index is 1150. The van der Waals surface area contributed by atoms with Crippen molar-refractivity contribution in [1.29, 1.82) is 0 Å². The quantitative estimate of drug-likeness (QED) is 0.364. The zero-order chi connectivity index (χ0) is 25.4. The van der Waals surface area contributed by atoms with Gasteiger partial charge in [0, 0.05) is 12.0 Å². The molecule has 0 fully saturated rings. The first kappa shape index (κ1) is 25.7. The first-order valence-electron chi connectivity index (χ1n) is 11.6. The van der Waals surface area contributed by atoms with E-state index in [1.807, 2.05) is 30.3 Å². The highest BCUT2D eigenvalue weighted by Gasteiger charge is 2.28. The molecule has 2 aromatic carbocycles. The molecule has 0 unspecified atom stereocenters. The van der Waals surface area contributed by atoms with Gasteiger partial charge in [-0.25, -0.2) is 9.59 Å². The maximum Gasteiger partial charge on any atom is 0.340 e. The maximum atomic E-state index is 12.9. The number of hydrogen-bond donors (Lipinski definition) is 0. The van der Waals surface area contributed by atoms with Crippen LogP contribution in [0, 0.1) is 13.8 Å². The predicted molar refractivity (Wildman–Crippen MR) is 133 cm³/mol. The van der Waals surface area contributed by atoms with Gasteiger partial charge in [-0.05, 0) is 51.0 Å². The molecule has 0 spiro atoms. The standard InChI is InChI=1S/C28H31NO6/c1-6-33-27(30)24-18(3)29-19(4)25(28(31)34-7-2)26(24)21-13-14-22(23(17-21)32-5)35-16-15-20-11-9-8-10-12-20/h8-14,17H,6-7,15-16H2,1-5H3. The number of carbonyl (C=O) groups excluding carboxylic acids is 2. The molecule has 0 atom stereocenters. The van der Waals surface area contributed by atoms with E-state index < -0.39 is 11.9 Å². The summed E-state index contributed by atoms with van der Waals surface area (Å²) in [6.07, 6.45) is 0.745. The van der Waals surface area contributed by atoms with Crippen molar-refractivity contribution in [2.24, 2.45) is 0 Å². The molecule has 0 bridgehead atoms. The van der Waals surface area contributed by atoms with Gasteiger partial charge in [0.05, 0.1) is 49.4 Å². The van der Waals surface area contributed by atoms with Gasteiger partial charge in [0.2, 0.25) is 0 Å². The van der Waals surface area contributed by atoms with Gasteiger partial charge in [-0.2, -0.15) is 0 Å². The smallest absolute Gasteiger partial charge is 0.340 e. The van der Waals surface area contributed by atoms with E-state index in [4.69, 9.17) is 18.9 Å². The number of hydrogen-bond acceptors (Lipinski definition) is 7. The Morgan fingerprint density at radius 1 is 0.829 bits per heavy atom. The average Bonchev–Trinajstić information content (AvgIpc) is 2.84. The number of pyridine rings is 1. The van der Waals surface area contributed by atoms with Crippen LogP contribution >= 0.6 is 0 Å². The first-order chi connectivity index (χ1) is 16.9. The van der Waals surface area contributed by atoms with Gasteiger partial charge >= 0.3 is 11.9 Å². The van der Waals surface area contributed by atoms with E-state index in [1.54, 1.807) is 53.0 Å². The van der Waals surface area contributed by atoms with Gasteiger partial charge in [0.15, 0.2) is 11.5 Å². The summed E-state index contributed by atoms with van der Waals surface area (Å²) in [6, 6.07) is 15.4. The van der Waals surface area contributed by atoms with Gasteiger partial charge < -0.3 is 18.9 Å². The van der Waals surface area contributed by atoms with Gasteiger partial charge in [-0.15, -0.1) is 0 Å². The van der Waals surface area contributed by atoms with Crippen LogP contribution in [0.15, 0.2) is 48.5 Å². The van der Waals surface area contributed by atoms with Crippen molar-refractivity contribution < 1.29 is 28.5 Å². The Kier molecular flexibility index (Phi) is 8.84. The van der Waals surface area contributed by atoms with Crippen LogP contribution in [0.4, 0.5) is 0 Å². The summed E-state index contributed by atoms with van der Waals surface area (Å²) < 4.78 is 22.2. The lowest BCUT2D eigenvalue weighted by Gasteiger charge is -2.19. The number of ether oxygens (including phenoxy) is 4. The fourth-order valence-corrected chi connectivity index (χ4v) is 3.91. The molecule has 0 saturated carbocycles. The van der Waals surface area contributed by atoms with E-state index in [2.05, 4.69) is 4.98 Å². The molecule has 0 aliphatic rings. The fourth-order valence-electron chi connectivity index (χ4n) is 3.91. The molecule has 184 valence electrons. The highest BCUT2D eigenvalue weighted by Crippen LogP contribution is 2.38. The van der Waals surface area contributed by atoms with Crippen molar-refractivity contribution >= 4 is 11.9 Å². The third kappa shape index (κ3) is 5.98. The molecule has 3 rings (SSSR count). The summed E-state index contributed by atoms with van der Waals surface area (Å²) >= 11 is 0. The van der Waals surface area contributed by atoms with E-state index in [0.717, 1.165) is 6.42 Å². The molecule has 0 N–H and O–H groups in total. The summed E-state index contributed by atoms with van der Waals surface area (Å²) in [5.74, 6) is -0.0715. The van der Waals surface area contributed by atoms with Crippen molar-refractivity contribution in [2.75, 3.05) is 26.9 Å². The van der Waals surface area contributed by atoms with Crippen LogP contribution in [0.3, 0.4) is 0 Å². The predicted octanol–water partition coefficient (Wildman–Crippen LogP) is 5.35. The minimum atomic E-state index is -0.555. The molecule has 35 heavy (non-hydrogen) atoms. The Morgan fingerprint density at radius 3 is 1.97 bits per heavy atom. The second kappa shape index (κ2) is 12.0. The SMILES string of the molecule is CCOC(=O)c1c(C)nc(C)c(C(=O)OCC)c1-c1ccc(OCCc2ccccc2)c(OC)c1. The highest BCUT2D eigenvalue weighted by atomic mass is 16.5. The molecule has 1 aromatic heterocycles. The number of esters is 2. The van der Waals surface area contributed by atoms with Crippen LogP contribution in [0.2, 0.25) is 0 Å². The van der Waals surface area contributed by atoms with Gasteiger partial charge in [0.1, 0.15) is 0 Å². The number of carbonyl (C=O) groups is 2. The number of methoxy groups -OCH3 is 1. The number of benzene rings is 2. The molecule has 7 heteroatoms. The summed E-state index contributed by atoms with van der Waals surface area (Å²) in [7, 11) is 1.55. The van der Waals surface area contributed by atoms with Crippen molar-refractivity contribution in [3.63, 3.8) is 0 Å². The molecular weight excluding hydrogens is 446 g/mol. The molecule has 0 aliphatic heterocycles. The Morgan fingerprint density at radius 2 is 1.43 bits per heavy atom. The van der Waals surface area contributed by atoms with Crippen LogP contribution in [0.1, 0.15) is 51.5 Å².